The van der Waals surface area contributed by atoms with Gasteiger partial charge < -0.3 is 4.74 Å². The molecule has 5 nitrogen and oxygen atoms in total. The quantitative estimate of drug-likeness (QED) is 0.777. The second-order valence-corrected chi connectivity index (χ2v) is 5.77. The van der Waals surface area contributed by atoms with Crippen LogP contribution in [0.3, 0.4) is 0 Å². The first kappa shape index (κ1) is 13.7. The number of hydrogen-bond acceptors (Lipinski definition) is 6. The first-order chi connectivity index (χ1) is 8.70. The van der Waals surface area contributed by atoms with Gasteiger partial charge >= 0.3 is 5.97 Å². The summed E-state index contributed by atoms with van der Waals surface area (Å²) >= 11 is 7.19. The van der Waals surface area contributed by atoms with Crippen molar-refractivity contribution in [3.63, 3.8) is 0 Å². The summed E-state index contributed by atoms with van der Waals surface area (Å²) in [6, 6.07) is 0.418. The Kier molecular flexibility index (Phi) is 4.91. The number of halogens is 1. The molecule has 2 rings (SSSR count). The number of carbonyl (C=O) groups is 1. The molecule has 0 saturated heterocycles. The predicted octanol–water partition coefficient (Wildman–Crippen LogP) is 2.11. The van der Waals surface area contributed by atoms with Gasteiger partial charge in [0.15, 0.2) is 0 Å². The van der Waals surface area contributed by atoms with Crippen molar-refractivity contribution < 1.29 is 9.53 Å². The Morgan fingerprint density at radius 3 is 2.83 bits per heavy atom. The van der Waals surface area contributed by atoms with Gasteiger partial charge in [0.05, 0.1) is 13.7 Å². The minimum atomic E-state index is -0.221. The van der Waals surface area contributed by atoms with Crippen molar-refractivity contribution in [2.24, 2.45) is 0 Å². The van der Waals surface area contributed by atoms with E-state index in [1.165, 1.54) is 31.5 Å². The smallest absolute Gasteiger partial charge is 0.319 e. The van der Waals surface area contributed by atoms with Crippen molar-refractivity contribution >= 4 is 29.1 Å². The van der Waals surface area contributed by atoms with Crippen LogP contribution in [0.25, 0.3) is 0 Å². The van der Waals surface area contributed by atoms with Crippen LogP contribution in [0, 0.1) is 0 Å². The lowest BCUT2D eigenvalue weighted by atomic mass is 10.2. The summed E-state index contributed by atoms with van der Waals surface area (Å²) in [4.78, 5) is 13.6. The molecule has 0 amide bonds. The zero-order valence-electron chi connectivity index (χ0n) is 10.3. The zero-order valence-corrected chi connectivity index (χ0v) is 11.8. The number of methoxy groups -OCH3 is 1. The summed E-state index contributed by atoms with van der Waals surface area (Å²) in [7, 11) is 1.41. The van der Waals surface area contributed by atoms with E-state index >= 15 is 0 Å². The molecule has 0 radical (unpaired) electrons. The van der Waals surface area contributed by atoms with Crippen LogP contribution in [-0.4, -0.2) is 40.2 Å². The highest BCUT2D eigenvalue weighted by molar-refractivity contribution is 7.10. The van der Waals surface area contributed by atoms with E-state index < -0.39 is 0 Å². The van der Waals surface area contributed by atoms with Crippen molar-refractivity contribution in [3.8, 4) is 0 Å². The van der Waals surface area contributed by atoms with E-state index in [0.29, 0.717) is 16.9 Å². The summed E-state index contributed by atoms with van der Waals surface area (Å²) in [5, 5.41) is 4.00. The highest BCUT2D eigenvalue weighted by Gasteiger charge is 2.26. The van der Waals surface area contributed by atoms with Crippen molar-refractivity contribution in [3.05, 3.63) is 10.0 Å². The third-order valence-electron chi connectivity index (χ3n) is 3.26. The first-order valence-electron chi connectivity index (χ1n) is 5.98. The molecule has 0 spiro atoms. The van der Waals surface area contributed by atoms with Gasteiger partial charge in [-0.2, -0.15) is 0 Å². The van der Waals surface area contributed by atoms with Crippen LogP contribution in [0.1, 0.15) is 31.4 Å². The summed E-state index contributed by atoms with van der Waals surface area (Å²) in [6.07, 6.45) is 4.66. The molecule has 1 aromatic heterocycles. The van der Waals surface area contributed by atoms with Crippen molar-refractivity contribution in [1.82, 2.24) is 14.5 Å². The molecule has 7 heteroatoms. The van der Waals surface area contributed by atoms with Crippen LogP contribution in [0.15, 0.2) is 0 Å². The molecule has 1 aromatic rings. The minimum absolute atomic E-state index is 0.221. The SMILES string of the molecule is COC(=O)CN(Cc1nnsc1Cl)C1CCCC1. The van der Waals surface area contributed by atoms with Crippen molar-refractivity contribution in [1.29, 1.82) is 0 Å². The number of hydrogen-bond donors (Lipinski definition) is 0. The van der Waals surface area contributed by atoms with Crippen LogP contribution in [0.5, 0.6) is 0 Å². The average molecular weight is 290 g/mol. The maximum atomic E-state index is 11.5. The molecule has 1 aliphatic carbocycles. The van der Waals surface area contributed by atoms with Gasteiger partial charge in [-0.25, -0.2) is 0 Å². The fourth-order valence-electron chi connectivity index (χ4n) is 2.30. The monoisotopic (exact) mass is 289 g/mol. The number of nitrogens with zero attached hydrogens (tertiary/aromatic N) is 3. The Morgan fingerprint density at radius 1 is 1.56 bits per heavy atom. The summed E-state index contributed by atoms with van der Waals surface area (Å²) in [5.74, 6) is -0.221. The van der Waals surface area contributed by atoms with Crippen LogP contribution >= 0.6 is 23.1 Å². The van der Waals surface area contributed by atoms with E-state index in [1.54, 1.807) is 0 Å². The van der Waals surface area contributed by atoms with Gasteiger partial charge in [0, 0.05) is 24.1 Å². The Balaban J connectivity index is 2.04. The van der Waals surface area contributed by atoms with Gasteiger partial charge in [-0.3, -0.25) is 9.69 Å². The standard InChI is InChI=1S/C11H16ClN3O2S/c1-17-10(16)7-15(8-4-2-3-5-8)6-9-11(12)18-14-13-9/h8H,2-7H2,1H3. The molecule has 0 atom stereocenters. The van der Waals surface area contributed by atoms with Gasteiger partial charge in [-0.05, 0) is 12.8 Å². The lowest BCUT2D eigenvalue weighted by Gasteiger charge is -2.26. The van der Waals surface area contributed by atoms with Crippen LogP contribution < -0.4 is 0 Å². The van der Waals surface area contributed by atoms with Gasteiger partial charge in [0.1, 0.15) is 10.0 Å². The van der Waals surface area contributed by atoms with E-state index in [4.69, 9.17) is 16.3 Å². The molecule has 100 valence electrons. The zero-order chi connectivity index (χ0) is 13.0. The number of ether oxygens (including phenoxy) is 1. The fourth-order valence-corrected chi connectivity index (χ4v) is 2.91. The van der Waals surface area contributed by atoms with Crippen LogP contribution in [0.2, 0.25) is 4.34 Å². The lowest BCUT2D eigenvalue weighted by Crippen LogP contribution is -2.37. The molecule has 0 bridgehead atoms. The number of esters is 1. The molecule has 1 aliphatic rings. The highest BCUT2D eigenvalue weighted by Crippen LogP contribution is 2.26. The molecule has 0 unspecified atom stereocenters. The van der Waals surface area contributed by atoms with Crippen LogP contribution in [0.4, 0.5) is 0 Å². The normalized spacial score (nSPS) is 16.4. The fraction of sp³-hybridized carbons (Fsp3) is 0.727. The maximum Gasteiger partial charge on any atom is 0.319 e. The van der Waals surface area contributed by atoms with Gasteiger partial charge in [-0.15, -0.1) is 5.10 Å². The molecule has 0 aromatic carbocycles. The molecule has 1 saturated carbocycles. The Bertz CT molecular complexity index is 407. The molecular formula is C11H16ClN3O2S. The Morgan fingerprint density at radius 2 is 2.28 bits per heavy atom. The van der Waals surface area contributed by atoms with Crippen molar-refractivity contribution in [2.45, 2.75) is 38.3 Å². The largest absolute Gasteiger partial charge is 0.468 e. The highest BCUT2D eigenvalue weighted by atomic mass is 35.5. The second kappa shape index (κ2) is 6.45. The van der Waals surface area contributed by atoms with Gasteiger partial charge in [0.25, 0.3) is 0 Å². The molecule has 1 heterocycles. The first-order valence-corrected chi connectivity index (χ1v) is 7.13. The summed E-state index contributed by atoms with van der Waals surface area (Å²) in [5.41, 5.74) is 0.748. The lowest BCUT2D eigenvalue weighted by molar-refractivity contribution is -0.142. The minimum Gasteiger partial charge on any atom is -0.468 e. The molecule has 0 N–H and O–H groups in total. The Labute approximate surface area is 115 Å². The van der Waals surface area contributed by atoms with Crippen LogP contribution in [-0.2, 0) is 16.1 Å². The van der Waals surface area contributed by atoms with E-state index in [-0.39, 0.29) is 12.5 Å². The summed E-state index contributed by atoms with van der Waals surface area (Å²) in [6.45, 7) is 0.851. The van der Waals surface area contributed by atoms with Gasteiger partial charge in [0.2, 0.25) is 0 Å². The predicted molar refractivity (Wildman–Crippen MR) is 69.6 cm³/mol. The maximum absolute atomic E-state index is 11.5. The molecule has 1 fully saturated rings. The van der Waals surface area contributed by atoms with Crippen molar-refractivity contribution in [2.75, 3.05) is 13.7 Å². The molecular weight excluding hydrogens is 274 g/mol. The molecule has 18 heavy (non-hydrogen) atoms. The van der Waals surface area contributed by atoms with E-state index in [0.717, 1.165) is 18.5 Å². The number of aromatic nitrogens is 2. The number of carbonyl (C=O) groups excluding carboxylic acids is 1. The van der Waals surface area contributed by atoms with E-state index in [2.05, 4.69) is 14.5 Å². The third-order valence-corrected chi connectivity index (χ3v) is 4.25. The average Bonchev–Trinajstić information content (AvgIpc) is 3.00. The number of rotatable bonds is 5. The third kappa shape index (κ3) is 3.40. The molecule has 0 aliphatic heterocycles. The second-order valence-electron chi connectivity index (χ2n) is 4.41. The van der Waals surface area contributed by atoms with E-state index in [1.807, 2.05) is 0 Å². The Hall–Kier alpha value is -0.720. The topological polar surface area (TPSA) is 55.3 Å². The summed E-state index contributed by atoms with van der Waals surface area (Å²) < 4.78 is 9.16. The van der Waals surface area contributed by atoms with Gasteiger partial charge in [-0.1, -0.05) is 28.9 Å². The van der Waals surface area contributed by atoms with E-state index in [9.17, 15) is 4.79 Å².